The second-order valence-corrected chi connectivity index (χ2v) is 3.67. The average Bonchev–Trinajstić information content (AvgIpc) is 2.89. The van der Waals surface area contributed by atoms with E-state index in [1.807, 2.05) is 11.0 Å². The molecular weight excluding hydrogens is 162 g/mol. The van der Waals surface area contributed by atoms with E-state index >= 15 is 0 Å². The van der Waals surface area contributed by atoms with E-state index in [0.717, 1.165) is 19.4 Å². The molecule has 0 bridgehead atoms. The number of allylic oxidation sites excluding steroid dienone is 2. The molecule has 0 atom stereocenters. The van der Waals surface area contributed by atoms with Gasteiger partial charge in [0, 0.05) is 18.3 Å². The minimum absolute atomic E-state index is 0.169. The van der Waals surface area contributed by atoms with Crippen molar-refractivity contribution in [1.29, 1.82) is 0 Å². The molecule has 70 valence electrons. The van der Waals surface area contributed by atoms with E-state index in [1.165, 1.54) is 24.1 Å². The zero-order valence-electron chi connectivity index (χ0n) is 8.05. The lowest BCUT2D eigenvalue weighted by Crippen LogP contribution is -2.25. The Morgan fingerprint density at radius 1 is 1.38 bits per heavy atom. The number of nitrogens with zero attached hydrogens (tertiary/aromatic N) is 1. The van der Waals surface area contributed by atoms with Gasteiger partial charge in [-0.1, -0.05) is 13.3 Å². The van der Waals surface area contributed by atoms with E-state index in [9.17, 15) is 4.79 Å². The molecule has 1 fully saturated rings. The molecule has 0 spiro atoms. The van der Waals surface area contributed by atoms with Crippen LogP contribution in [0, 0.1) is 0 Å². The van der Waals surface area contributed by atoms with Crippen molar-refractivity contribution < 1.29 is 4.79 Å². The summed E-state index contributed by atoms with van der Waals surface area (Å²) in [7, 11) is 0. The Morgan fingerprint density at radius 2 is 2.15 bits per heavy atom. The average molecular weight is 177 g/mol. The van der Waals surface area contributed by atoms with Crippen LogP contribution < -0.4 is 0 Å². The normalized spacial score (nSPS) is 20.4. The van der Waals surface area contributed by atoms with Crippen molar-refractivity contribution in [2.45, 2.75) is 32.6 Å². The molecule has 0 radical (unpaired) electrons. The predicted molar refractivity (Wildman–Crippen MR) is 52.0 cm³/mol. The summed E-state index contributed by atoms with van der Waals surface area (Å²) in [4.78, 5) is 13.4. The third kappa shape index (κ3) is 1.67. The van der Waals surface area contributed by atoms with Crippen molar-refractivity contribution in [3.8, 4) is 0 Å². The highest BCUT2D eigenvalue weighted by Gasteiger charge is 2.26. The van der Waals surface area contributed by atoms with Gasteiger partial charge in [0.1, 0.15) is 0 Å². The van der Waals surface area contributed by atoms with Crippen molar-refractivity contribution in [2.75, 3.05) is 6.54 Å². The molecule has 0 N–H and O–H groups in total. The molecule has 0 aromatic heterocycles. The molecule has 13 heavy (non-hydrogen) atoms. The van der Waals surface area contributed by atoms with E-state index in [2.05, 4.69) is 6.92 Å². The zero-order valence-corrected chi connectivity index (χ0v) is 8.05. The first-order chi connectivity index (χ1) is 6.33. The summed E-state index contributed by atoms with van der Waals surface area (Å²) in [6.45, 7) is 3.04. The number of carbonyl (C=O) groups is 1. The van der Waals surface area contributed by atoms with Crippen LogP contribution in [-0.2, 0) is 4.79 Å². The van der Waals surface area contributed by atoms with E-state index in [4.69, 9.17) is 0 Å². The molecule has 1 saturated carbocycles. The summed E-state index contributed by atoms with van der Waals surface area (Å²) in [6, 6.07) is 0. The summed E-state index contributed by atoms with van der Waals surface area (Å²) in [5.41, 5.74) is 2.65. The van der Waals surface area contributed by atoms with Crippen LogP contribution in [-0.4, -0.2) is 17.4 Å². The lowest BCUT2D eigenvalue weighted by Gasteiger charge is -2.17. The van der Waals surface area contributed by atoms with E-state index in [0.29, 0.717) is 0 Å². The minimum atomic E-state index is 0.169. The molecule has 0 aromatic rings. The Bertz CT molecular complexity index is 282. The number of hydrogen-bond acceptors (Lipinski definition) is 1. The van der Waals surface area contributed by atoms with Gasteiger partial charge in [-0.2, -0.15) is 0 Å². The fourth-order valence-corrected chi connectivity index (χ4v) is 1.62. The fraction of sp³-hybridized carbons (Fsp3) is 0.545. The van der Waals surface area contributed by atoms with Crippen LogP contribution in [0.1, 0.15) is 32.6 Å². The van der Waals surface area contributed by atoms with E-state index in [-0.39, 0.29) is 5.91 Å². The molecule has 1 amide bonds. The van der Waals surface area contributed by atoms with Gasteiger partial charge in [-0.25, -0.2) is 0 Å². The van der Waals surface area contributed by atoms with Gasteiger partial charge in [-0.3, -0.25) is 4.79 Å². The third-order valence-electron chi connectivity index (χ3n) is 2.54. The lowest BCUT2D eigenvalue weighted by molar-refractivity contribution is -0.123. The van der Waals surface area contributed by atoms with E-state index in [1.54, 1.807) is 6.08 Å². The number of unbranched alkanes of at least 4 members (excludes halogenated alkanes) is 1. The topological polar surface area (TPSA) is 20.3 Å². The van der Waals surface area contributed by atoms with Gasteiger partial charge >= 0.3 is 0 Å². The van der Waals surface area contributed by atoms with Crippen molar-refractivity contribution in [3.05, 3.63) is 23.4 Å². The molecule has 0 unspecified atom stereocenters. The summed E-state index contributed by atoms with van der Waals surface area (Å²) in [6.07, 6.45) is 8.29. The molecular formula is C11H15NO. The van der Waals surface area contributed by atoms with Gasteiger partial charge in [0.2, 0.25) is 0 Å². The van der Waals surface area contributed by atoms with Crippen LogP contribution in [0.4, 0.5) is 0 Å². The van der Waals surface area contributed by atoms with Gasteiger partial charge in [0.25, 0.3) is 5.91 Å². The van der Waals surface area contributed by atoms with Crippen molar-refractivity contribution >= 4 is 5.91 Å². The number of amides is 1. The van der Waals surface area contributed by atoms with Crippen LogP contribution in [0.5, 0.6) is 0 Å². The monoisotopic (exact) mass is 177 g/mol. The van der Waals surface area contributed by atoms with Crippen LogP contribution in [0.3, 0.4) is 0 Å². The molecule has 1 heterocycles. The van der Waals surface area contributed by atoms with Gasteiger partial charge in [-0.05, 0) is 30.9 Å². The first-order valence-corrected chi connectivity index (χ1v) is 5.04. The molecule has 2 nitrogen and oxygen atoms in total. The Morgan fingerprint density at radius 3 is 2.77 bits per heavy atom. The first kappa shape index (κ1) is 8.54. The smallest absolute Gasteiger partial charge is 0.251 e. The van der Waals surface area contributed by atoms with Crippen LogP contribution in [0.2, 0.25) is 0 Å². The molecule has 0 saturated heterocycles. The Labute approximate surface area is 78.9 Å². The maximum atomic E-state index is 11.4. The third-order valence-corrected chi connectivity index (χ3v) is 2.54. The number of carbonyl (C=O) groups excluding carboxylic acids is 1. The molecule has 0 aromatic carbocycles. The van der Waals surface area contributed by atoms with Crippen LogP contribution in [0.15, 0.2) is 23.4 Å². The number of hydrogen-bond donors (Lipinski definition) is 0. The first-order valence-electron chi connectivity index (χ1n) is 5.04. The summed E-state index contributed by atoms with van der Waals surface area (Å²) >= 11 is 0. The summed E-state index contributed by atoms with van der Waals surface area (Å²) < 4.78 is 0. The zero-order chi connectivity index (χ0) is 9.26. The highest BCUT2D eigenvalue weighted by molar-refractivity contribution is 5.93. The lowest BCUT2D eigenvalue weighted by atomic mass is 10.3. The maximum absolute atomic E-state index is 11.4. The van der Waals surface area contributed by atoms with Crippen LogP contribution in [0.25, 0.3) is 0 Å². The van der Waals surface area contributed by atoms with Gasteiger partial charge in [0.05, 0.1) is 0 Å². The quantitative estimate of drug-likeness (QED) is 0.647. The van der Waals surface area contributed by atoms with Gasteiger partial charge < -0.3 is 4.90 Å². The maximum Gasteiger partial charge on any atom is 0.251 e. The summed E-state index contributed by atoms with van der Waals surface area (Å²) in [5.74, 6) is 0.169. The SMILES string of the molecule is CCCCN1C(=O)C=CC1=C1CC1. The number of rotatable bonds is 3. The molecule has 2 aliphatic rings. The van der Waals surface area contributed by atoms with Crippen LogP contribution >= 0.6 is 0 Å². The standard InChI is InChI=1S/C11H15NO/c1-2-3-8-12-10(9-4-5-9)6-7-11(12)13/h6-7H,2-5,8H2,1H3. The minimum Gasteiger partial charge on any atom is -0.309 e. The highest BCUT2D eigenvalue weighted by atomic mass is 16.2. The van der Waals surface area contributed by atoms with Crippen molar-refractivity contribution in [1.82, 2.24) is 4.90 Å². The molecule has 2 heteroatoms. The predicted octanol–water partition coefficient (Wildman–Crippen LogP) is 2.23. The molecule has 2 rings (SSSR count). The second-order valence-electron chi connectivity index (χ2n) is 3.67. The van der Waals surface area contributed by atoms with Crippen molar-refractivity contribution in [2.24, 2.45) is 0 Å². The largest absolute Gasteiger partial charge is 0.309 e. The fourth-order valence-electron chi connectivity index (χ4n) is 1.62. The Kier molecular flexibility index (Phi) is 2.21. The molecule has 1 aliphatic carbocycles. The van der Waals surface area contributed by atoms with Gasteiger partial charge in [0.15, 0.2) is 0 Å². The van der Waals surface area contributed by atoms with Crippen molar-refractivity contribution in [3.63, 3.8) is 0 Å². The highest BCUT2D eigenvalue weighted by Crippen LogP contribution is 2.35. The Balaban J connectivity index is 2.07. The summed E-state index contributed by atoms with van der Waals surface area (Å²) in [5, 5.41) is 0. The van der Waals surface area contributed by atoms with E-state index < -0.39 is 0 Å². The van der Waals surface area contributed by atoms with Gasteiger partial charge in [-0.15, -0.1) is 0 Å². The second kappa shape index (κ2) is 3.36. The Hall–Kier alpha value is -1.05. The molecule has 1 aliphatic heterocycles.